The first-order valence-corrected chi connectivity index (χ1v) is 9.00. The number of aromatic nitrogens is 2. The molecule has 0 bridgehead atoms. The molecule has 0 aliphatic heterocycles. The largest absolute Gasteiger partial charge is 0.573 e. The summed E-state index contributed by atoms with van der Waals surface area (Å²) in [7, 11) is 0. The molecule has 0 saturated heterocycles. The van der Waals surface area contributed by atoms with E-state index in [2.05, 4.69) is 9.84 Å². The van der Waals surface area contributed by atoms with Crippen LogP contribution in [0.25, 0.3) is 17.0 Å². The van der Waals surface area contributed by atoms with Gasteiger partial charge in [-0.2, -0.15) is 5.10 Å². The lowest BCUT2D eigenvalue weighted by Crippen LogP contribution is -2.17. The van der Waals surface area contributed by atoms with Crippen LogP contribution in [0, 0.1) is 0 Å². The van der Waals surface area contributed by atoms with Crippen LogP contribution < -0.4 is 4.74 Å². The number of rotatable bonds is 6. The number of hydrogen-bond acceptors (Lipinski definition) is 3. The van der Waals surface area contributed by atoms with Gasteiger partial charge in [0.1, 0.15) is 5.75 Å². The Morgan fingerprint density at radius 3 is 2.61 bits per heavy atom. The van der Waals surface area contributed by atoms with Gasteiger partial charge in [0.25, 0.3) is 0 Å². The van der Waals surface area contributed by atoms with Crippen LogP contribution in [0.3, 0.4) is 0 Å². The summed E-state index contributed by atoms with van der Waals surface area (Å²) in [6.45, 7) is 0.217. The Hall–Kier alpha value is -2.22. The first kappa shape index (κ1) is 20.5. The van der Waals surface area contributed by atoms with Crippen molar-refractivity contribution in [3.8, 4) is 5.75 Å². The summed E-state index contributed by atoms with van der Waals surface area (Å²) in [4.78, 5) is 0. The lowest BCUT2D eigenvalue weighted by atomic mass is 10.1. The Morgan fingerprint density at radius 1 is 1.14 bits per heavy atom. The molecule has 9 heteroatoms. The molecule has 2 aromatic carbocycles. The van der Waals surface area contributed by atoms with Crippen molar-refractivity contribution in [2.24, 2.45) is 0 Å². The zero-order valence-corrected chi connectivity index (χ0v) is 15.9. The Kier molecular flexibility index (Phi) is 6.17. The van der Waals surface area contributed by atoms with Crippen LogP contribution in [-0.2, 0) is 6.54 Å². The molecule has 0 fully saturated rings. The van der Waals surface area contributed by atoms with Crippen LogP contribution in [0.5, 0.6) is 5.75 Å². The van der Waals surface area contributed by atoms with Gasteiger partial charge in [-0.05, 0) is 42.3 Å². The fourth-order valence-electron chi connectivity index (χ4n) is 2.70. The second kappa shape index (κ2) is 8.43. The van der Waals surface area contributed by atoms with Gasteiger partial charge in [0.15, 0.2) is 0 Å². The lowest BCUT2D eigenvalue weighted by molar-refractivity contribution is -0.274. The van der Waals surface area contributed by atoms with Gasteiger partial charge in [-0.15, -0.1) is 13.2 Å². The van der Waals surface area contributed by atoms with E-state index in [1.165, 1.54) is 18.2 Å². The number of alkyl halides is 3. The van der Waals surface area contributed by atoms with Crippen LogP contribution in [0.15, 0.2) is 42.5 Å². The van der Waals surface area contributed by atoms with Gasteiger partial charge in [0.2, 0.25) is 0 Å². The van der Waals surface area contributed by atoms with Gasteiger partial charge in [0, 0.05) is 28.1 Å². The van der Waals surface area contributed by atoms with Crippen molar-refractivity contribution >= 4 is 40.2 Å². The predicted octanol–water partition coefficient (Wildman–Crippen LogP) is 5.69. The minimum atomic E-state index is -4.79. The Bertz CT molecular complexity index is 1020. The van der Waals surface area contributed by atoms with Gasteiger partial charge >= 0.3 is 6.36 Å². The number of halogens is 5. The number of fused-ring (bicyclic) bond motifs is 1. The fourth-order valence-corrected chi connectivity index (χ4v) is 3.17. The molecule has 148 valence electrons. The van der Waals surface area contributed by atoms with Crippen molar-refractivity contribution in [3.63, 3.8) is 0 Å². The molecule has 0 atom stereocenters. The smallest absolute Gasteiger partial charge is 0.406 e. The molecule has 0 amide bonds. The number of benzene rings is 2. The highest BCUT2D eigenvalue weighted by molar-refractivity contribution is 6.35. The first-order chi connectivity index (χ1) is 13.3. The number of aliphatic hydroxyl groups excluding tert-OH is 1. The summed E-state index contributed by atoms with van der Waals surface area (Å²) < 4.78 is 43.3. The van der Waals surface area contributed by atoms with Crippen molar-refractivity contribution in [1.82, 2.24) is 9.78 Å². The third-order valence-corrected chi connectivity index (χ3v) is 4.48. The second-order valence-electron chi connectivity index (χ2n) is 5.92. The average Bonchev–Trinajstić information content (AvgIpc) is 2.93. The quantitative estimate of drug-likeness (QED) is 0.546. The maximum Gasteiger partial charge on any atom is 0.573 e. The van der Waals surface area contributed by atoms with Crippen molar-refractivity contribution in [3.05, 3.63) is 63.8 Å². The molecule has 1 N–H and O–H groups in total. The third-order valence-electron chi connectivity index (χ3n) is 3.89. The van der Waals surface area contributed by atoms with Gasteiger partial charge in [-0.3, -0.25) is 4.68 Å². The molecular weight excluding hydrogens is 416 g/mol. The molecule has 28 heavy (non-hydrogen) atoms. The summed E-state index contributed by atoms with van der Waals surface area (Å²) in [6, 6.07) is 9.03. The van der Waals surface area contributed by atoms with Crippen molar-refractivity contribution in [2.45, 2.75) is 19.3 Å². The first-order valence-electron chi connectivity index (χ1n) is 8.24. The van der Waals surface area contributed by atoms with Crippen LogP contribution in [0.4, 0.5) is 13.2 Å². The molecule has 3 rings (SSSR count). The highest BCUT2D eigenvalue weighted by Gasteiger charge is 2.31. The maximum atomic E-state index is 12.6. The summed E-state index contributed by atoms with van der Waals surface area (Å²) in [5, 5.41) is 15.0. The van der Waals surface area contributed by atoms with Crippen LogP contribution in [0.1, 0.15) is 17.7 Å². The van der Waals surface area contributed by atoms with E-state index < -0.39 is 6.36 Å². The molecular formula is C19H15Cl2F3N2O2. The molecule has 0 aliphatic carbocycles. The Morgan fingerprint density at radius 2 is 1.93 bits per heavy atom. The predicted molar refractivity (Wildman–Crippen MR) is 103 cm³/mol. The van der Waals surface area contributed by atoms with Gasteiger partial charge < -0.3 is 9.84 Å². The van der Waals surface area contributed by atoms with E-state index in [1.807, 2.05) is 0 Å². The molecule has 4 nitrogen and oxygen atoms in total. The van der Waals surface area contributed by atoms with E-state index in [9.17, 15) is 13.2 Å². The minimum Gasteiger partial charge on any atom is -0.406 e. The average molecular weight is 431 g/mol. The highest BCUT2D eigenvalue weighted by atomic mass is 35.5. The molecule has 0 spiro atoms. The zero-order chi connectivity index (χ0) is 20.3. The molecule has 1 heterocycles. The summed E-state index contributed by atoms with van der Waals surface area (Å²) in [5.74, 6) is -0.339. The van der Waals surface area contributed by atoms with E-state index >= 15 is 0 Å². The molecule has 0 radical (unpaired) electrons. The molecule has 1 aromatic heterocycles. The van der Waals surface area contributed by atoms with Crippen LogP contribution in [0.2, 0.25) is 10.0 Å². The van der Waals surface area contributed by atoms with Gasteiger partial charge in [-0.1, -0.05) is 35.3 Å². The van der Waals surface area contributed by atoms with Crippen molar-refractivity contribution in [1.29, 1.82) is 0 Å². The number of nitrogens with zero attached hydrogens (tertiary/aromatic N) is 2. The van der Waals surface area contributed by atoms with Gasteiger partial charge in [-0.25, -0.2) is 0 Å². The lowest BCUT2D eigenvalue weighted by Gasteiger charge is -2.10. The number of hydrogen-bond donors (Lipinski definition) is 1. The van der Waals surface area contributed by atoms with Crippen molar-refractivity contribution < 1.29 is 23.0 Å². The SMILES string of the molecule is OCCC=Cc1nn(Cc2ccc(Cl)cc2Cl)c2cc(OC(F)(F)F)ccc12. The normalized spacial score (nSPS) is 12.2. The van der Waals surface area contributed by atoms with E-state index in [0.29, 0.717) is 38.6 Å². The molecule has 0 saturated carbocycles. The van der Waals surface area contributed by atoms with Crippen LogP contribution in [-0.4, -0.2) is 27.9 Å². The minimum absolute atomic E-state index is 0.0148. The van der Waals surface area contributed by atoms with Crippen molar-refractivity contribution in [2.75, 3.05) is 6.61 Å². The van der Waals surface area contributed by atoms with E-state index in [0.717, 1.165) is 0 Å². The Balaban J connectivity index is 2.06. The zero-order valence-electron chi connectivity index (χ0n) is 14.4. The molecule has 0 unspecified atom stereocenters. The van der Waals surface area contributed by atoms with E-state index in [1.54, 1.807) is 35.0 Å². The van der Waals surface area contributed by atoms with Crippen LogP contribution >= 0.6 is 23.2 Å². The van der Waals surface area contributed by atoms with Gasteiger partial charge in [0.05, 0.1) is 17.8 Å². The highest BCUT2D eigenvalue weighted by Crippen LogP contribution is 2.30. The summed E-state index contributed by atoms with van der Waals surface area (Å²) in [5.41, 5.74) is 1.73. The molecule has 3 aromatic rings. The Labute approximate surface area is 168 Å². The monoisotopic (exact) mass is 430 g/mol. The number of ether oxygens (including phenoxy) is 1. The number of aliphatic hydroxyl groups is 1. The topological polar surface area (TPSA) is 47.3 Å². The fraction of sp³-hybridized carbons (Fsp3) is 0.211. The maximum absolute atomic E-state index is 12.6. The van der Waals surface area contributed by atoms with E-state index in [4.69, 9.17) is 28.3 Å². The van der Waals surface area contributed by atoms with E-state index in [-0.39, 0.29) is 18.9 Å². The summed E-state index contributed by atoms with van der Waals surface area (Å²) in [6.07, 6.45) is -0.904. The molecule has 0 aliphatic rings. The summed E-state index contributed by atoms with van der Waals surface area (Å²) >= 11 is 12.1. The standard InChI is InChI=1S/C19H15Cl2F3N2O2/c20-13-5-4-12(16(21)9-13)11-26-18-10-14(28-19(22,23)24)6-7-15(18)17(25-26)3-1-2-8-27/h1,3-7,9-10,27H,2,8,11H2. The second-order valence-corrected chi connectivity index (χ2v) is 6.76. The third kappa shape index (κ3) is 4.98.